The van der Waals surface area contributed by atoms with Gasteiger partial charge in [-0.3, -0.25) is 5.32 Å². The van der Waals surface area contributed by atoms with E-state index in [0.717, 1.165) is 16.9 Å². The third-order valence-electron chi connectivity index (χ3n) is 2.06. The average Bonchev–Trinajstić information content (AvgIpc) is 2.24. The highest BCUT2D eigenvalue weighted by Crippen LogP contribution is 2.15. The standard InChI is InChI=1S/C14H21NO3S/c1-10(16)19-9-11-6-5-7-12(8-11)15-13(17)18-14(2,3)4/h5-8,16,19H,9H2,1-4H3,(H,15,17). The monoisotopic (exact) mass is 283 g/mol. The number of benzene rings is 1. The zero-order chi connectivity index (χ0) is 14.5. The molecule has 19 heavy (non-hydrogen) atoms. The predicted octanol–water partition coefficient (Wildman–Crippen LogP) is 3.71. The minimum absolute atomic E-state index is 0.380. The SMILES string of the molecule is CC(O)=[SH]Cc1cccc(NC(=O)OC(C)(C)C)c1. The lowest BCUT2D eigenvalue weighted by molar-refractivity contribution is 0.0636. The maximum atomic E-state index is 11.6. The quantitative estimate of drug-likeness (QED) is 0.585. The molecule has 0 saturated carbocycles. The van der Waals surface area contributed by atoms with Crippen LogP contribution >= 0.6 is 11.4 Å². The molecule has 4 nitrogen and oxygen atoms in total. The van der Waals surface area contributed by atoms with Crippen LogP contribution in [-0.4, -0.2) is 21.9 Å². The highest BCUT2D eigenvalue weighted by molar-refractivity contribution is 7.97. The highest BCUT2D eigenvalue weighted by Gasteiger charge is 2.16. The molecule has 1 amide bonds. The van der Waals surface area contributed by atoms with Crippen molar-refractivity contribution in [2.45, 2.75) is 39.0 Å². The van der Waals surface area contributed by atoms with Crippen molar-refractivity contribution in [2.24, 2.45) is 0 Å². The van der Waals surface area contributed by atoms with E-state index in [1.54, 1.807) is 13.0 Å². The molecule has 0 saturated heterocycles. The summed E-state index contributed by atoms with van der Waals surface area (Å²) in [6.07, 6.45) is -0.466. The van der Waals surface area contributed by atoms with Crippen molar-refractivity contribution in [3.63, 3.8) is 0 Å². The van der Waals surface area contributed by atoms with Crippen LogP contribution in [0.25, 0.3) is 0 Å². The molecular formula is C14H21NO3S. The summed E-state index contributed by atoms with van der Waals surface area (Å²) >= 11 is 0.864. The molecule has 0 bridgehead atoms. The smallest absolute Gasteiger partial charge is 0.412 e. The second kappa shape index (κ2) is 6.73. The first-order valence-electron chi connectivity index (χ1n) is 6.05. The average molecular weight is 283 g/mol. The molecule has 0 fully saturated rings. The molecule has 0 radical (unpaired) electrons. The molecular weight excluding hydrogens is 262 g/mol. The van der Waals surface area contributed by atoms with E-state index in [0.29, 0.717) is 16.5 Å². The second-order valence-corrected chi connectivity index (χ2v) is 6.47. The Morgan fingerprint density at radius 2 is 2.11 bits per heavy atom. The van der Waals surface area contributed by atoms with Crippen LogP contribution in [0.15, 0.2) is 24.3 Å². The first kappa shape index (κ1) is 15.7. The summed E-state index contributed by atoms with van der Waals surface area (Å²) in [5.74, 6) is 0.714. The van der Waals surface area contributed by atoms with Crippen molar-refractivity contribution in [2.75, 3.05) is 5.32 Å². The lowest BCUT2D eigenvalue weighted by Crippen LogP contribution is -2.27. The number of amides is 1. The highest BCUT2D eigenvalue weighted by atomic mass is 32.1. The fourth-order valence-electron chi connectivity index (χ4n) is 1.37. The van der Waals surface area contributed by atoms with Gasteiger partial charge in [-0.1, -0.05) is 12.1 Å². The summed E-state index contributed by atoms with van der Waals surface area (Å²) in [5, 5.41) is 12.2. The van der Waals surface area contributed by atoms with Crippen molar-refractivity contribution in [1.82, 2.24) is 0 Å². The summed E-state index contributed by atoms with van der Waals surface area (Å²) in [6, 6.07) is 7.50. The number of aliphatic hydroxyl groups excluding tert-OH is 1. The summed E-state index contributed by atoms with van der Waals surface area (Å²) in [5.41, 5.74) is 1.23. The Morgan fingerprint density at radius 1 is 1.42 bits per heavy atom. The number of rotatable bonds is 3. The van der Waals surface area contributed by atoms with Gasteiger partial charge in [0.15, 0.2) is 0 Å². The Kier molecular flexibility index (Phi) is 5.57. The molecule has 1 aromatic rings. The molecule has 0 atom stereocenters. The number of carbonyl (C=O) groups is 1. The number of ether oxygens (including phenoxy) is 1. The summed E-state index contributed by atoms with van der Waals surface area (Å²) in [4.78, 5) is 11.6. The summed E-state index contributed by atoms with van der Waals surface area (Å²) < 4.78 is 5.18. The van der Waals surface area contributed by atoms with Crippen LogP contribution in [0.1, 0.15) is 33.3 Å². The minimum Gasteiger partial charge on any atom is -0.444 e. The van der Waals surface area contributed by atoms with Crippen molar-refractivity contribution < 1.29 is 14.6 Å². The fraction of sp³-hybridized carbons (Fsp3) is 0.429. The first-order chi connectivity index (χ1) is 8.76. The predicted molar refractivity (Wildman–Crippen MR) is 82.3 cm³/mol. The van der Waals surface area contributed by atoms with Crippen molar-refractivity contribution in [1.29, 1.82) is 0 Å². The lowest BCUT2D eigenvalue weighted by atomic mass is 10.2. The fourth-order valence-corrected chi connectivity index (χ4v) is 1.98. The number of hydrogen-bond donors (Lipinski definition) is 3. The van der Waals surface area contributed by atoms with E-state index in [2.05, 4.69) is 5.32 Å². The van der Waals surface area contributed by atoms with Crippen LogP contribution in [0.2, 0.25) is 0 Å². The summed E-state index contributed by atoms with van der Waals surface area (Å²) in [7, 11) is 0. The van der Waals surface area contributed by atoms with E-state index in [1.165, 1.54) is 0 Å². The van der Waals surface area contributed by atoms with Gasteiger partial charge in [0.2, 0.25) is 0 Å². The van der Waals surface area contributed by atoms with Gasteiger partial charge in [0.05, 0.1) is 5.05 Å². The molecule has 0 spiro atoms. The molecule has 0 unspecified atom stereocenters. The van der Waals surface area contributed by atoms with Gasteiger partial charge in [-0.05, 0) is 45.4 Å². The van der Waals surface area contributed by atoms with Gasteiger partial charge in [-0.25, -0.2) is 4.79 Å². The van der Waals surface area contributed by atoms with E-state index < -0.39 is 11.7 Å². The second-order valence-electron chi connectivity index (χ2n) is 5.19. The van der Waals surface area contributed by atoms with Gasteiger partial charge in [0.1, 0.15) is 5.60 Å². The minimum atomic E-state index is -0.511. The van der Waals surface area contributed by atoms with E-state index in [1.807, 2.05) is 39.0 Å². The van der Waals surface area contributed by atoms with Gasteiger partial charge in [0, 0.05) is 11.4 Å². The molecule has 106 valence electrons. The van der Waals surface area contributed by atoms with Gasteiger partial charge in [-0.2, -0.15) is 11.4 Å². The van der Waals surface area contributed by atoms with Crippen molar-refractivity contribution in [3.05, 3.63) is 29.8 Å². The number of thiol groups is 1. The number of hydrogen-bond acceptors (Lipinski definition) is 2. The van der Waals surface area contributed by atoms with Gasteiger partial charge < -0.3 is 9.84 Å². The van der Waals surface area contributed by atoms with Crippen LogP contribution in [0.3, 0.4) is 0 Å². The molecule has 0 aliphatic rings. The number of carbonyl (C=O) groups excluding carboxylic acids is 1. The summed E-state index contributed by atoms with van der Waals surface area (Å²) in [6.45, 7) is 7.13. The third kappa shape index (κ3) is 6.98. The van der Waals surface area contributed by atoms with Gasteiger partial charge >= 0.3 is 6.09 Å². The molecule has 1 aromatic carbocycles. The van der Waals surface area contributed by atoms with Gasteiger partial charge in [-0.15, -0.1) is 0 Å². The molecule has 5 heteroatoms. The largest absolute Gasteiger partial charge is 0.444 e. The Bertz CT molecular complexity index is 474. The van der Waals surface area contributed by atoms with Gasteiger partial charge in [0.25, 0.3) is 0 Å². The zero-order valence-electron chi connectivity index (χ0n) is 11.7. The zero-order valence-corrected chi connectivity index (χ0v) is 12.6. The molecule has 1 rings (SSSR count). The topological polar surface area (TPSA) is 58.6 Å². The number of anilines is 1. The van der Waals surface area contributed by atoms with E-state index in [-0.39, 0.29) is 0 Å². The molecule has 0 aromatic heterocycles. The van der Waals surface area contributed by atoms with Crippen molar-refractivity contribution >= 4 is 28.2 Å². The van der Waals surface area contributed by atoms with Crippen LogP contribution in [0.5, 0.6) is 0 Å². The van der Waals surface area contributed by atoms with Crippen molar-refractivity contribution in [3.8, 4) is 0 Å². The molecule has 2 N–H and O–H groups in total. The maximum Gasteiger partial charge on any atom is 0.412 e. The molecule has 0 aliphatic heterocycles. The maximum absolute atomic E-state index is 11.6. The molecule has 0 heterocycles. The van der Waals surface area contributed by atoms with E-state index in [9.17, 15) is 9.90 Å². The number of aliphatic hydroxyl groups is 1. The number of nitrogens with one attached hydrogen (secondary N) is 1. The lowest BCUT2D eigenvalue weighted by Gasteiger charge is -2.19. The van der Waals surface area contributed by atoms with E-state index in [4.69, 9.17) is 4.74 Å². The molecule has 0 aliphatic carbocycles. The normalized spacial score (nSPS) is 12.6. The first-order valence-corrected chi connectivity index (χ1v) is 7.13. The van der Waals surface area contributed by atoms with Crippen LogP contribution in [-0.2, 0) is 10.5 Å². The van der Waals surface area contributed by atoms with E-state index >= 15 is 0 Å². The van der Waals surface area contributed by atoms with Crippen LogP contribution in [0.4, 0.5) is 10.5 Å². The van der Waals surface area contributed by atoms with Crippen LogP contribution < -0.4 is 5.32 Å². The van der Waals surface area contributed by atoms with Crippen LogP contribution in [0, 0.1) is 0 Å². The third-order valence-corrected chi connectivity index (χ3v) is 3.04. The Hall–Kier alpha value is -1.33. The Balaban J connectivity index is 2.67. The Morgan fingerprint density at radius 3 is 2.68 bits per heavy atom. The Labute approximate surface area is 117 Å².